The molecule has 31 heavy (non-hydrogen) atoms. The SMILES string of the molecule is CCc1cc(N2[C@H]3CC[C@H]2CC(O)(c2ccco2)C3)n2nc3nc(C)cc(C)c3c2n1. The van der Waals surface area contributed by atoms with E-state index in [1.807, 2.05) is 23.6 Å². The summed E-state index contributed by atoms with van der Waals surface area (Å²) in [6, 6.07) is 8.47. The van der Waals surface area contributed by atoms with Gasteiger partial charge in [0.25, 0.3) is 0 Å². The second kappa shape index (κ2) is 6.53. The lowest BCUT2D eigenvalue weighted by Crippen LogP contribution is -2.50. The van der Waals surface area contributed by atoms with Crippen LogP contribution in [-0.2, 0) is 12.0 Å². The van der Waals surface area contributed by atoms with Gasteiger partial charge in [0.2, 0.25) is 0 Å². The molecule has 0 radical (unpaired) electrons. The molecular formula is C24H27N5O2. The van der Waals surface area contributed by atoms with E-state index in [-0.39, 0.29) is 12.1 Å². The fourth-order valence-electron chi connectivity index (χ4n) is 5.76. The first-order valence-corrected chi connectivity index (χ1v) is 11.2. The molecule has 0 unspecified atom stereocenters. The van der Waals surface area contributed by atoms with E-state index in [9.17, 15) is 5.11 Å². The number of pyridine rings is 1. The number of aromatic nitrogens is 4. The number of hydrogen-bond donors (Lipinski definition) is 1. The molecule has 2 atom stereocenters. The van der Waals surface area contributed by atoms with Crippen molar-refractivity contribution in [2.45, 2.75) is 70.6 Å². The monoisotopic (exact) mass is 417 g/mol. The smallest absolute Gasteiger partial charge is 0.184 e. The van der Waals surface area contributed by atoms with E-state index < -0.39 is 5.60 Å². The Morgan fingerprint density at radius 2 is 1.94 bits per heavy atom. The third kappa shape index (κ3) is 2.72. The third-order valence-corrected chi connectivity index (χ3v) is 7.08. The van der Waals surface area contributed by atoms with Crippen LogP contribution in [0, 0.1) is 13.8 Å². The molecular weight excluding hydrogens is 390 g/mol. The van der Waals surface area contributed by atoms with Crippen molar-refractivity contribution in [2.75, 3.05) is 4.90 Å². The van der Waals surface area contributed by atoms with Crippen molar-refractivity contribution in [1.29, 1.82) is 0 Å². The Morgan fingerprint density at radius 3 is 2.61 bits per heavy atom. The molecule has 7 nitrogen and oxygen atoms in total. The second-order valence-electron chi connectivity index (χ2n) is 9.18. The van der Waals surface area contributed by atoms with Crippen LogP contribution < -0.4 is 4.90 Å². The standard InChI is InChI=1S/C24H27N5O2/c1-4-16-11-20(29-23(26-16)21-14(2)10-15(3)25-22(21)27-29)28-17-7-8-18(28)13-24(30,12-17)19-6-5-9-31-19/h5-6,9-11,17-18,30H,4,7-8,12-13H2,1-3H3/t17-,18-/m0/s1. The number of aryl methyl sites for hydroxylation is 3. The Balaban J connectivity index is 1.51. The summed E-state index contributed by atoms with van der Waals surface area (Å²) in [4.78, 5) is 12.1. The van der Waals surface area contributed by atoms with Crippen LogP contribution in [0.15, 0.2) is 34.9 Å². The highest BCUT2D eigenvalue weighted by atomic mass is 16.4. The maximum Gasteiger partial charge on any atom is 0.184 e. The van der Waals surface area contributed by atoms with E-state index in [2.05, 4.69) is 35.9 Å². The fraction of sp³-hybridized carbons (Fsp3) is 0.458. The lowest BCUT2D eigenvalue weighted by molar-refractivity contribution is -0.0222. The van der Waals surface area contributed by atoms with Gasteiger partial charge in [-0.15, -0.1) is 5.10 Å². The van der Waals surface area contributed by atoms with E-state index in [0.717, 1.165) is 58.7 Å². The van der Waals surface area contributed by atoms with Gasteiger partial charge in [-0.25, -0.2) is 9.97 Å². The maximum atomic E-state index is 11.4. The van der Waals surface area contributed by atoms with Crippen LogP contribution in [0.3, 0.4) is 0 Å². The average Bonchev–Trinajstić information content (AvgIpc) is 3.44. The number of furan rings is 1. The molecule has 4 aromatic heterocycles. The predicted molar refractivity (Wildman–Crippen MR) is 118 cm³/mol. The number of piperidine rings is 1. The number of rotatable bonds is 3. The second-order valence-corrected chi connectivity index (χ2v) is 9.18. The molecule has 2 aliphatic rings. The van der Waals surface area contributed by atoms with Gasteiger partial charge in [-0.05, 0) is 56.9 Å². The number of fused-ring (bicyclic) bond motifs is 5. The third-order valence-electron chi connectivity index (χ3n) is 7.08. The van der Waals surface area contributed by atoms with Gasteiger partial charge in [-0.2, -0.15) is 4.52 Å². The van der Waals surface area contributed by atoms with Crippen LogP contribution in [-0.4, -0.2) is 36.8 Å². The molecule has 2 fully saturated rings. The van der Waals surface area contributed by atoms with Crippen LogP contribution in [0.5, 0.6) is 0 Å². The van der Waals surface area contributed by atoms with E-state index in [1.165, 1.54) is 0 Å². The summed E-state index contributed by atoms with van der Waals surface area (Å²) < 4.78 is 7.59. The summed E-state index contributed by atoms with van der Waals surface area (Å²) in [5.74, 6) is 1.74. The highest BCUT2D eigenvalue weighted by Crippen LogP contribution is 2.47. The number of hydrogen-bond acceptors (Lipinski definition) is 6. The number of anilines is 1. The molecule has 160 valence electrons. The van der Waals surface area contributed by atoms with Crippen molar-refractivity contribution in [3.63, 3.8) is 0 Å². The number of nitrogens with zero attached hydrogens (tertiary/aromatic N) is 5. The molecule has 6 heterocycles. The molecule has 7 heteroatoms. The molecule has 0 amide bonds. The summed E-state index contributed by atoms with van der Waals surface area (Å²) in [6.45, 7) is 6.24. The Bertz CT molecular complexity index is 1280. The largest absolute Gasteiger partial charge is 0.466 e. The summed E-state index contributed by atoms with van der Waals surface area (Å²) >= 11 is 0. The Hall–Kier alpha value is -2.93. The quantitative estimate of drug-likeness (QED) is 0.541. The highest BCUT2D eigenvalue weighted by molar-refractivity contribution is 5.93. The zero-order valence-corrected chi connectivity index (χ0v) is 18.2. The molecule has 6 rings (SSSR count). The van der Waals surface area contributed by atoms with Gasteiger partial charge >= 0.3 is 0 Å². The predicted octanol–water partition coefficient (Wildman–Crippen LogP) is 4.07. The minimum absolute atomic E-state index is 0.229. The van der Waals surface area contributed by atoms with Gasteiger partial charge < -0.3 is 14.4 Å². The Morgan fingerprint density at radius 1 is 1.16 bits per heavy atom. The van der Waals surface area contributed by atoms with Gasteiger partial charge in [-0.1, -0.05) is 6.92 Å². The topological polar surface area (TPSA) is 79.7 Å². The zero-order chi connectivity index (χ0) is 21.3. The number of aliphatic hydroxyl groups is 1. The summed E-state index contributed by atoms with van der Waals surface area (Å²) in [5.41, 5.74) is 3.88. The molecule has 2 aliphatic heterocycles. The summed E-state index contributed by atoms with van der Waals surface area (Å²) in [6.07, 6.45) is 5.91. The first kappa shape index (κ1) is 18.8. The maximum absolute atomic E-state index is 11.4. The molecule has 0 spiro atoms. The van der Waals surface area contributed by atoms with Crippen LogP contribution >= 0.6 is 0 Å². The Labute approximate surface area is 180 Å². The summed E-state index contributed by atoms with van der Waals surface area (Å²) in [7, 11) is 0. The van der Waals surface area contributed by atoms with E-state index in [0.29, 0.717) is 18.6 Å². The van der Waals surface area contributed by atoms with Crippen LogP contribution in [0.25, 0.3) is 16.7 Å². The molecule has 0 aromatic carbocycles. The lowest BCUT2D eigenvalue weighted by Gasteiger charge is -2.44. The van der Waals surface area contributed by atoms with Crippen molar-refractivity contribution in [1.82, 2.24) is 19.6 Å². The Kier molecular flexibility index (Phi) is 3.96. The van der Waals surface area contributed by atoms with Crippen molar-refractivity contribution in [3.05, 3.63) is 53.2 Å². The minimum Gasteiger partial charge on any atom is -0.466 e. The van der Waals surface area contributed by atoms with Gasteiger partial charge in [0.15, 0.2) is 11.3 Å². The van der Waals surface area contributed by atoms with Crippen molar-refractivity contribution in [3.8, 4) is 0 Å². The molecule has 2 saturated heterocycles. The van der Waals surface area contributed by atoms with Gasteiger partial charge in [0.05, 0.1) is 11.6 Å². The van der Waals surface area contributed by atoms with Crippen molar-refractivity contribution < 1.29 is 9.52 Å². The van der Waals surface area contributed by atoms with Crippen molar-refractivity contribution >= 4 is 22.5 Å². The van der Waals surface area contributed by atoms with Crippen LogP contribution in [0.2, 0.25) is 0 Å². The summed E-state index contributed by atoms with van der Waals surface area (Å²) in [5, 5.41) is 17.3. The lowest BCUT2D eigenvalue weighted by atomic mass is 9.84. The highest BCUT2D eigenvalue weighted by Gasteiger charge is 2.50. The van der Waals surface area contributed by atoms with Gasteiger partial charge in [0, 0.05) is 42.4 Å². The zero-order valence-electron chi connectivity index (χ0n) is 18.2. The first-order valence-electron chi connectivity index (χ1n) is 11.2. The normalized spacial score (nSPS) is 25.7. The average molecular weight is 418 g/mol. The van der Waals surface area contributed by atoms with Gasteiger partial charge in [0.1, 0.15) is 17.2 Å². The first-order chi connectivity index (χ1) is 15.0. The van der Waals surface area contributed by atoms with E-state index in [1.54, 1.807) is 6.26 Å². The molecule has 0 aliphatic carbocycles. The molecule has 1 N–H and O–H groups in total. The molecule has 0 saturated carbocycles. The fourth-order valence-corrected chi connectivity index (χ4v) is 5.76. The van der Waals surface area contributed by atoms with E-state index in [4.69, 9.17) is 14.5 Å². The molecule has 4 aromatic rings. The minimum atomic E-state index is -0.907. The van der Waals surface area contributed by atoms with E-state index >= 15 is 0 Å². The molecule has 2 bridgehead atoms. The van der Waals surface area contributed by atoms with Crippen molar-refractivity contribution in [2.24, 2.45) is 0 Å². The van der Waals surface area contributed by atoms with Gasteiger partial charge in [-0.3, -0.25) is 0 Å². The van der Waals surface area contributed by atoms with Crippen LogP contribution in [0.4, 0.5) is 5.82 Å². The van der Waals surface area contributed by atoms with Crippen LogP contribution in [0.1, 0.15) is 55.3 Å².